The molecule has 4 aromatic carbocycles. The van der Waals surface area contributed by atoms with E-state index in [1.165, 1.54) is 0 Å². The number of ether oxygens (including phenoxy) is 1. The number of amides is 1. The number of para-hydroxylation sites is 1. The van der Waals surface area contributed by atoms with Crippen LogP contribution >= 0.6 is 23.2 Å². The summed E-state index contributed by atoms with van der Waals surface area (Å²) in [6, 6.07) is 31.5. The Labute approximate surface area is 203 Å². The van der Waals surface area contributed by atoms with Crippen LogP contribution in [0.2, 0.25) is 10.0 Å². The van der Waals surface area contributed by atoms with Crippen LogP contribution in [0.4, 0.5) is 5.69 Å². The zero-order chi connectivity index (χ0) is 23.3. The second-order valence-electron chi connectivity index (χ2n) is 7.44. The van der Waals surface area contributed by atoms with E-state index in [0.717, 1.165) is 22.4 Å². The van der Waals surface area contributed by atoms with E-state index >= 15 is 0 Å². The molecule has 1 amide bonds. The Bertz CT molecular complexity index is 1160. The molecule has 2 N–H and O–H groups in total. The van der Waals surface area contributed by atoms with Crippen molar-refractivity contribution in [2.45, 2.75) is 5.41 Å². The number of carbonyl (C=O) groups excluding carboxylic acids is 1. The van der Waals surface area contributed by atoms with Gasteiger partial charge < -0.3 is 4.74 Å². The van der Waals surface area contributed by atoms with Gasteiger partial charge in [0.05, 0.1) is 12.8 Å². The molecular weight excluding hydrogens is 455 g/mol. The zero-order valence-electron chi connectivity index (χ0n) is 17.9. The molecule has 0 aliphatic heterocycles. The highest BCUT2D eigenvalue weighted by molar-refractivity contribution is 6.30. The summed E-state index contributed by atoms with van der Waals surface area (Å²) in [5, 5.41) is 1.17. The lowest BCUT2D eigenvalue weighted by atomic mass is 9.69. The molecule has 0 aliphatic carbocycles. The number of nitrogens with one attached hydrogen (secondary N) is 2. The number of benzene rings is 4. The fourth-order valence-corrected chi connectivity index (χ4v) is 4.13. The van der Waals surface area contributed by atoms with E-state index in [4.69, 9.17) is 27.9 Å². The van der Waals surface area contributed by atoms with Gasteiger partial charge in [-0.3, -0.25) is 15.6 Å². The Morgan fingerprint density at radius 3 is 1.61 bits per heavy atom. The molecule has 0 bridgehead atoms. The standard InChI is InChI=1S/C27H22Cl2N2O2/c1-33-25-17-11-21(12-18-25)27(19-7-13-22(28)14-8-19,20-9-15-23(29)16-10-20)26(32)31-30-24-5-3-2-4-6-24/h2-18,30H,1H3,(H,31,32). The van der Waals surface area contributed by atoms with Gasteiger partial charge >= 0.3 is 0 Å². The third-order valence-corrected chi connectivity index (χ3v) is 6.02. The summed E-state index contributed by atoms with van der Waals surface area (Å²) in [6.07, 6.45) is 0. The minimum atomic E-state index is -1.19. The van der Waals surface area contributed by atoms with Crippen LogP contribution in [0.25, 0.3) is 0 Å². The highest BCUT2D eigenvalue weighted by atomic mass is 35.5. The molecule has 4 aromatic rings. The lowest BCUT2D eigenvalue weighted by Crippen LogP contribution is -2.48. The molecule has 0 atom stereocenters. The van der Waals surface area contributed by atoms with Crippen molar-refractivity contribution in [3.63, 3.8) is 0 Å². The van der Waals surface area contributed by atoms with E-state index in [1.54, 1.807) is 31.4 Å². The van der Waals surface area contributed by atoms with Crippen LogP contribution < -0.4 is 15.6 Å². The molecule has 166 valence electrons. The molecule has 33 heavy (non-hydrogen) atoms. The first-order chi connectivity index (χ1) is 16.0. The Hall–Kier alpha value is -3.47. The molecule has 6 heteroatoms. The molecule has 0 unspecified atom stereocenters. The highest BCUT2D eigenvalue weighted by Gasteiger charge is 2.44. The van der Waals surface area contributed by atoms with Gasteiger partial charge in [0.25, 0.3) is 5.91 Å². The van der Waals surface area contributed by atoms with E-state index < -0.39 is 5.41 Å². The van der Waals surface area contributed by atoms with Crippen LogP contribution in [0.15, 0.2) is 103 Å². The molecule has 0 radical (unpaired) electrons. The van der Waals surface area contributed by atoms with Crippen molar-refractivity contribution >= 4 is 34.8 Å². The molecule has 0 saturated heterocycles. The Kier molecular flexibility index (Phi) is 6.87. The van der Waals surface area contributed by atoms with Crippen molar-refractivity contribution in [2.75, 3.05) is 12.5 Å². The molecule has 4 rings (SSSR count). The van der Waals surface area contributed by atoms with Crippen molar-refractivity contribution in [1.29, 1.82) is 0 Å². The summed E-state index contributed by atoms with van der Waals surface area (Å²) < 4.78 is 5.34. The van der Waals surface area contributed by atoms with E-state index in [0.29, 0.717) is 15.8 Å². The number of hydrazine groups is 1. The Balaban J connectivity index is 1.90. The van der Waals surface area contributed by atoms with Gasteiger partial charge in [0.15, 0.2) is 0 Å². The molecule has 0 heterocycles. The largest absolute Gasteiger partial charge is 0.497 e. The van der Waals surface area contributed by atoms with Gasteiger partial charge in [0.1, 0.15) is 11.2 Å². The number of anilines is 1. The van der Waals surface area contributed by atoms with Crippen molar-refractivity contribution in [3.05, 3.63) is 130 Å². The summed E-state index contributed by atoms with van der Waals surface area (Å²) in [5.41, 5.74) is 7.79. The van der Waals surface area contributed by atoms with Gasteiger partial charge in [-0.15, -0.1) is 0 Å². The topological polar surface area (TPSA) is 50.4 Å². The van der Waals surface area contributed by atoms with Crippen LogP contribution in [-0.2, 0) is 10.2 Å². The monoisotopic (exact) mass is 476 g/mol. The van der Waals surface area contributed by atoms with Crippen LogP contribution in [0.1, 0.15) is 16.7 Å². The van der Waals surface area contributed by atoms with Crippen molar-refractivity contribution in [1.82, 2.24) is 5.43 Å². The average molecular weight is 477 g/mol. The van der Waals surface area contributed by atoms with E-state index in [9.17, 15) is 4.79 Å². The summed E-state index contributed by atoms with van der Waals surface area (Å²) in [6.45, 7) is 0. The summed E-state index contributed by atoms with van der Waals surface area (Å²) >= 11 is 12.4. The van der Waals surface area contributed by atoms with Crippen LogP contribution in [0.5, 0.6) is 5.75 Å². The number of halogens is 2. The maximum Gasteiger partial charge on any atom is 0.257 e. The predicted octanol–water partition coefficient (Wildman–Crippen LogP) is 6.48. The summed E-state index contributed by atoms with van der Waals surface area (Å²) in [5.74, 6) is 0.434. The Morgan fingerprint density at radius 2 is 1.15 bits per heavy atom. The average Bonchev–Trinajstić information content (AvgIpc) is 2.86. The van der Waals surface area contributed by atoms with E-state index in [1.807, 2.05) is 78.9 Å². The van der Waals surface area contributed by atoms with E-state index in [2.05, 4.69) is 10.9 Å². The van der Waals surface area contributed by atoms with Gasteiger partial charge in [-0.1, -0.05) is 77.8 Å². The summed E-state index contributed by atoms with van der Waals surface area (Å²) in [7, 11) is 1.61. The van der Waals surface area contributed by atoms with Crippen molar-refractivity contribution in [3.8, 4) is 5.75 Å². The van der Waals surface area contributed by atoms with E-state index in [-0.39, 0.29) is 5.91 Å². The lowest BCUT2D eigenvalue weighted by molar-refractivity contribution is -0.123. The summed E-state index contributed by atoms with van der Waals surface area (Å²) in [4.78, 5) is 14.1. The number of hydrogen-bond acceptors (Lipinski definition) is 3. The van der Waals surface area contributed by atoms with Crippen LogP contribution in [0.3, 0.4) is 0 Å². The second-order valence-corrected chi connectivity index (χ2v) is 8.31. The van der Waals surface area contributed by atoms with Crippen molar-refractivity contribution in [2.24, 2.45) is 0 Å². The number of methoxy groups -OCH3 is 1. The van der Waals surface area contributed by atoms with Gasteiger partial charge in [0.2, 0.25) is 0 Å². The number of carbonyl (C=O) groups is 1. The van der Waals surface area contributed by atoms with Gasteiger partial charge in [-0.05, 0) is 65.2 Å². The molecule has 0 aliphatic rings. The number of hydrogen-bond donors (Lipinski definition) is 2. The van der Waals surface area contributed by atoms with Crippen LogP contribution in [0, 0.1) is 0 Å². The zero-order valence-corrected chi connectivity index (χ0v) is 19.4. The van der Waals surface area contributed by atoms with Gasteiger partial charge in [0, 0.05) is 10.0 Å². The maximum absolute atomic E-state index is 14.1. The van der Waals surface area contributed by atoms with Crippen LogP contribution in [-0.4, -0.2) is 13.0 Å². The third-order valence-electron chi connectivity index (χ3n) is 5.51. The first-order valence-electron chi connectivity index (χ1n) is 10.3. The maximum atomic E-state index is 14.1. The molecule has 0 saturated carbocycles. The molecule has 0 spiro atoms. The lowest BCUT2D eigenvalue weighted by Gasteiger charge is -2.34. The normalized spacial score (nSPS) is 11.0. The SMILES string of the molecule is COc1ccc(C(C(=O)NNc2ccccc2)(c2ccc(Cl)cc2)c2ccc(Cl)cc2)cc1. The number of rotatable bonds is 7. The van der Waals surface area contributed by atoms with Crippen molar-refractivity contribution < 1.29 is 9.53 Å². The second kappa shape index (κ2) is 9.99. The molecule has 0 fully saturated rings. The Morgan fingerprint density at radius 1 is 0.697 bits per heavy atom. The fraction of sp³-hybridized carbons (Fsp3) is 0.0741. The molecule has 0 aromatic heterocycles. The third kappa shape index (κ3) is 4.68. The first kappa shape index (κ1) is 22.7. The first-order valence-corrected chi connectivity index (χ1v) is 11.1. The minimum absolute atomic E-state index is 0.263. The quantitative estimate of drug-likeness (QED) is 0.237. The smallest absolute Gasteiger partial charge is 0.257 e. The fourth-order valence-electron chi connectivity index (χ4n) is 3.88. The minimum Gasteiger partial charge on any atom is -0.497 e. The van der Waals surface area contributed by atoms with Gasteiger partial charge in [-0.2, -0.15) is 0 Å². The van der Waals surface area contributed by atoms with Gasteiger partial charge in [-0.25, -0.2) is 0 Å². The molecule has 4 nitrogen and oxygen atoms in total. The predicted molar refractivity (Wildman–Crippen MR) is 134 cm³/mol. The molecular formula is C27H22Cl2N2O2. The highest BCUT2D eigenvalue weighted by Crippen LogP contribution is 2.41.